The predicted octanol–water partition coefficient (Wildman–Crippen LogP) is 3.49. The summed E-state index contributed by atoms with van der Waals surface area (Å²) in [6.45, 7) is 4.55. The molecule has 124 valence electrons. The largest absolute Gasteiger partial charge is 0.497 e. The van der Waals surface area contributed by atoms with E-state index < -0.39 is 5.60 Å². The summed E-state index contributed by atoms with van der Waals surface area (Å²) in [5, 5.41) is 12.2. The van der Waals surface area contributed by atoms with Crippen LogP contribution in [0, 0.1) is 17.2 Å². The molecule has 0 unspecified atom stereocenters. The molecule has 0 spiro atoms. The second kappa shape index (κ2) is 7.47. The maximum atomic E-state index is 12.9. The molecule has 0 heterocycles. The third-order valence-electron chi connectivity index (χ3n) is 4.39. The molecule has 0 aliphatic heterocycles. The minimum absolute atomic E-state index is 0.160. The number of nitriles is 1. The van der Waals surface area contributed by atoms with E-state index in [2.05, 4.69) is 18.3 Å². The number of hydrogen-bond donors (Lipinski definition) is 1. The summed E-state index contributed by atoms with van der Waals surface area (Å²) in [5.74, 6) is 0.880. The summed E-state index contributed by atoms with van der Waals surface area (Å²) in [7, 11) is 1.54. The number of carbonyl (C=O) groups is 1. The minimum atomic E-state index is -0.793. The minimum Gasteiger partial charge on any atom is -0.497 e. The monoisotopic (exact) mass is 316 g/mol. The van der Waals surface area contributed by atoms with E-state index in [9.17, 15) is 10.1 Å². The van der Waals surface area contributed by atoms with Crippen LogP contribution < -0.4 is 10.1 Å². The Labute approximate surface area is 137 Å². The average molecular weight is 316 g/mol. The zero-order chi connectivity index (χ0) is 16.9. The Morgan fingerprint density at radius 1 is 1.52 bits per heavy atom. The standard InChI is InChI=1S/C18H24N2O3/c1-4-23-18(9-5-6-13(2)11-18)17(21)20-16-8-7-15(22-3)10-14(16)12-19/h7-8,10,13H,4-6,9,11H2,1-3H3,(H,20,21)/t13-,18+/m1/s1. The van der Waals surface area contributed by atoms with Crippen LogP contribution in [-0.2, 0) is 9.53 Å². The van der Waals surface area contributed by atoms with Crippen molar-refractivity contribution in [2.24, 2.45) is 5.92 Å². The zero-order valence-electron chi connectivity index (χ0n) is 14.0. The molecule has 1 aromatic rings. The van der Waals surface area contributed by atoms with Gasteiger partial charge in [0.2, 0.25) is 0 Å². The van der Waals surface area contributed by atoms with Crippen molar-refractivity contribution in [2.75, 3.05) is 19.0 Å². The molecule has 1 saturated carbocycles. The van der Waals surface area contributed by atoms with Crippen LogP contribution >= 0.6 is 0 Å². The number of methoxy groups -OCH3 is 1. The van der Waals surface area contributed by atoms with Gasteiger partial charge in [-0.05, 0) is 50.3 Å². The fourth-order valence-electron chi connectivity index (χ4n) is 3.27. The number of rotatable bonds is 5. The van der Waals surface area contributed by atoms with Gasteiger partial charge in [-0.15, -0.1) is 0 Å². The van der Waals surface area contributed by atoms with E-state index in [4.69, 9.17) is 9.47 Å². The Bertz CT molecular complexity index is 605. The molecule has 0 saturated heterocycles. The number of anilines is 1. The molecule has 23 heavy (non-hydrogen) atoms. The van der Waals surface area contributed by atoms with Crippen molar-refractivity contribution in [2.45, 2.75) is 45.1 Å². The lowest BCUT2D eigenvalue weighted by Gasteiger charge is -2.38. The number of carbonyl (C=O) groups excluding carboxylic acids is 1. The Morgan fingerprint density at radius 3 is 2.91 bits per heavy atom. The normalized spacial score (nSPS) is 23.8. The van der Waals surface area contributed by atoms with Crippen LogP contribution in [0.4, 0.5) is 5.69 Å². The first-order chi connectivity index (χ1) is 11.0. The SMILES string of the molecule is CCO[C@@]1(C(=O)Nc2ccc(OC)cc2C#N)CCC[C@@H](C)C1. The highest BCUT2D eigenvalue weighted by Gasteiger charge is 2.42. The van der Waals surface area contributed by atoms with Gasteiger partial charge < -0.3 is 14.8 Å². The summed E-state index contributed by atoms with van der Waals surface area (Å²) in [4.78, 5) is 12.9. The molecule has 1 N–H and O–H groups in total. The quantitative estimate of drug-likeness (QED) is 0.902. The number of nitrogens with one attached hydrogen (secondary N) is 1. The fraction of sp³-hybridized carbons (Fsp3) is 0.556. The molecular formula is C18H24N2O3. The Balaban J connectivity index is 2.24. The Kier molecular flexibility index (Phi) is 5.62. The highest BCUT2D eigenvalue weighted by atomic mass is 16.5. The van der Waals surface area contributed by atoms with E-state index in [1.807, 2.05) is 6.92 Å². The number of benzene rings is 1. The van der Waals surface area contributed by atoms with Crippen molar-refractivity contribution in [3.63, 3.8) is 0 Å². The molecule has 0 aromatic heterocycles. The van der Waals surface area contributed by atoms with Crippen LogP contribution in [0.3, 0.4) is 0 Å². The van der Waals surface area contributed by atoms with Crippen molar-refractivity contribution in [1.29, 1.82) is 5.26 Å². The summed E-state index contributed by atoms with van der Waals surface area (Å²) in [6.07, 6.45) is 3.52. The molecule has 5 nitrogen and oxygen atoms in total. The molecule has 5 heteroatoms. The van der Waals surface area contributed by atoms with Crippen molar-refractivity contribution in [3.05, 3.63) is 23.8 Å². The van der Waals surface area contributed by atoms with Gasteiger partial charge >= 0.3 is 0 Å². The number of hydrogen-bond acceptors (Lipinski definition) is 4. The van der Waals surface area contributed by atoms with E-state index in [-0.39, 0.29) is 5.91 Å². The lowest BCUT2D eigenvalue weighted by molar-refractivity contribution is -0.147. The fourth-order valence-corrected chi connectivity index (χ4v) is 3.27. The van der Waals surface area contributed by atoms with Crippen LogP contribution in [0.2, 0.25) is 0 Å². The van der Waals surface area contributed by atoms with E-state index in [1.165, 1.54) is 0 Å². The van der Waals surface area contributed by atoms with Gasteiger partial charge in [0.05, 0.1) is 18.4 Å². The first-order valence-corrected chi connectivity index (χ1v) is 8.08. The molecule has 1 amide bonds. The first-order valence-electron chi connectivity index (χ1n) is 8.08. The van der Waals surface area contributed by atoms with E-state index >= 15 is 0 Å². The van der Waals surface area contributed by atoms with E-state index in [1.54, 1.807) is 25.3 Å². The second-order valence-corrected chi connectivity index (χ2v) is 6.11. The van der Waals surface area contributed by atoms with E-state index in [0.717, 1.165) is 19.3 Å². The van der Waals surface area contributed by atoms with Gasteiger partial charge in [0.15, 0.2) is 0 Å². The zero-order valence-corrected chi connectivity index (χ0v) is 14.0. The van der Waals surface area contributed by atoms with Gasteiger partial charge in [-0.1, -0.05) is 13.3 Å². The van der Waals surface area contributed by atoms with Gasteiger partial charge in [0.1, 0.15) is 17.4 Å². The molecule has 0 bridgehead atoms. The summed E-state index contributed by atoms with van der Waals surface area (Å²) in [6, 6.07) is 7.14. The molecule has 2 atom stereocenters. The first kappa shape index (κ1) is 17.3. The van der Waals surface area contributed by atoms with E-state index in [0.29, 0.717) is 35.9 Å². The predicted molar refractivity (Wildman–Crippen MR) is 88.3 cm³/mol. The number of nitrogens with zero attached hydrogens (tertiary/aromatic N) is 1. The van der Waals surface area contributed by atoms with Crippen molar-refractivity contribution in [1.82, 2.24) is 0 Å². The average Bonchev–Trinajstić information content (AvgIpc) is 2.55. The highest BCUT2D eigenvalue weighted by molar-refractivity contribution is 5.98. The molecule has 2 rings (SSSR count). The van der Waals surface area contributed by atoms with Crippen molar-refractivity contribution >= 4 is 11.6 Å². The van der Waals surface area contributed by atoms with Crippen LogP contribution in [0.5, 0.6) is 5.75 Å². The topological polar surface area (TPSA) is 71.3 Å². The van der Waals surface area contributed by atoms with Gasteiger partial charge in [0, 0.05) is 6.61 Å². The van der Waals surface area contributed by atoms with Gasteiger partial charge in [0.25, 0.3) is 5.91 Å². The molecule has 1 fully saturated rings. The third-order valence-corrected chi connectivity index (χ3v) is 4.39. The van der Waals surface area contributed by atoms with Crippen LogP contribution in [-0.4, -0.2) is 25.2 Å². The maximum Gasteiger partial charge on any atom is 0.256 e. The number of ether oxygens (including phenoxy) is 2. The van der Waals surface area contributed by atoms with Crippen molar-refractivity contribution in [3.8, 4) is 11.8 Å². The van der Waals surface area contributed by atoms with Crippen LogP contribution in [0.25, 0.3) is 0 Å². The van der Waals surface area contributed by atoms with Crippen LogP contribution in [0.15, 0.2) is 18.2 Å². The Hall–Kier alpha value is -2.06. The number of amides is 1. The van der Waals surface area contributed by atoms with Gasteiger partial charge in [-0.25, -0.2) is 0 Å². The molecule has 1 aromatic carbocycles. The summed E-state index contributed by atoms with van der Waals surface area (Å²) in [5.41, 5.74) is 0.0859. The molecule has 1 aliphatic rings. The maximum absolute atomic E-state index is 12.9. The molecule has 0 radical (unpaired) electrons. The van der Waals surface area contributed by atoms with Gasteiger partial charge in [-0.3, -0.25) is 4.79 Å². The van der Waals surface area contributed by atoms with Crippen LogP contribution in [0.1, 0.15) is 45.1 Å². The lowest BCUT2D eigenvalue weighted by Crippen LogP contribution is -2.48. The Morgan fingerprint density at radius 2 is 2.30 bits per heavy atom. The van der Waals surface area contributed by atoms with Gasteiger partial charge in [-0.2, -0.15) is 5.26 Å². The third kappa shape index (κ3) is 3.83. The smallest absolute Gasteiger partial charge is 0.256 e. The lowest BCUT2D eigenvalue weighted by atomic mass is 9.78. The van der Waals surface area contributed by atoms with Crippen molar-refractivity contribution < 1.29 is 14.3 Å². The summed E-state index contributed by atoms with van der Waals surface area (Å²) < 4.78 is 11.0. The molecular weight excluding hydrogens is 292 g/mol. The summed E-state index contributed by atoms with van der Waals surface area (Å²) >= 11 is 0. The highest BCUT2D eigenvalue weighted by Crippen LogP contribution is 2.36. The second-order valence-electron chi connectivity index (χ2n) is 6.11. The molecule has 1 aliphatic carbocycles.